The van der Waals surface area contributed by atoms with E-state index in [1.807, 2.05) is 6.92 Å². The summed E-state index contributed by atoms with van der Waals surface area (Å²) in [6, 6.07) is 16.1. The lowest BCUT2D eigenvalue weighted by atomic mass is 9.95. The summed E-state index contributed by atoms with van der Waals surface area (Å²) in [4.78, 5) is 28.0. The number of amides is 1. The molecule has 1 amide bonds. The number of aliphatic hydroxyl groups excluding tert-OH is 1. The minimum Gasteiger partial charge on any atom is -0.507 e. The molecule has 12 heteroatoms. The summed E-state index contributed by atoms with van der Waals surface area (Å²) in [6.07, 6.45) is 0. The van der Waals surface area contributed by atoms with Crippen molar-refractivity contribution in [1.82, 2.24) is 10.2 Å². The number of halogens is 1. The van der Waals surface area contributed by atoms with E-state index in [2.05, 4.69) is 10.2 Å². The fraction of sp³-hybridized carbons (Fsp3) is 0.172. The summed E-state index contributed by atoms with van der Waals surface area (Å²) in [6.45, 7) is 2.31. The fourth-order valence-electron chi connectivity index (χ4n) is 4.35. The van der Waals surface area contributed by atoms with Gasteiger partial charge in [0.15, 0.2) is 15.8 Å². The van der Waals surface area contributed by atoms with Crippen LogP contribution in [0.25, 0.3) is 5.76 Å². The van der Waals surface area contributed by atoms with E-state index in [0.717, 1.165) is 11.3 Å². The van der Waals surface area contributed by atoms with Gasteiger partial charge in [0.1, 0.15) is 17.3 Å². The Morgan fingerprint density at radius 2 is 1.85 bits per heavy atom. The van der Waals surface area contributed by atoms with Gasteiger partial charge >= 0.3 is 5.91 Å². The summed E-state index contributed by atoms with van der Waals surface area (Å²) in [7, 11) is 1.37. The van der Waals surface area contributed by atoms with Gasteiger partial charge in [-0.1, -0.05) is 47.4 Å². The van der Waals surface area contributed by atoms with Crippen LogP contribution in [0.4, 0.5) is 9.52 Å². The van der Waals surface area contributed by atoms with Crippen LogP contribution in [0.5, 0.6) is 17.2 Å². The second-order valence-electron chi connectivity index (χ2n) is 8.79. The molecule has 41 heavy (non-hydrogen) atoms. The van der Waals surface area contributed by atoms with Crippen LogP contribution in [0.1, 0.15) is 29.7 Å². The topological polar surface area (TPSA) is 122 Å². The molecule has 4 aromatic rings. The highest BCUT2D eigenvalue weighted by Crippen LogP contribution is 2.45. The van der Waals surface area contributed by atoms with Gasteiger partial charge in [-0.2, -0.15) is 0 Å². The Kier molecular flexibility index (Phi) is 8.22. The number of phenolic OH excluding ortho intramolecular Hbond substituents is 1. The number of methoxy groups -OCH3 is 1. The van der Waals surface area contributed by atoms with Crippen molar-refractivity contribution >= 4 is 45.7 Å². The molecule has 1 aliphatic heterocycles. The number of hydrogen-bond acceptors (Lipinski definition) is 10. The molecule has 0 radical (unpaired) electrons. The molecule has 1 unspecified atom stereocenters. The van der Waals surface area contributed by atoms with Crippen LogP contribution in [0.3, 0.4) is 0 Å². The number of nitrogens with zero attached hydrogens (tertiary/aromatic N) is 3. The smallest absolute Gasteiger partial charge is 0.301 e. The van der Waals surface area contributed by atoms with Crippen molar-refractivity contribution in [2.75, 3.05) is 18.6 Å². The van der Waals surface area contributed by atoms with E-state index in [-0.39, 0.29) is 39.5 Å². The van der Waals surface area contributed by atoms with E-state index in [0.29, 0.717) is 33.4 Å². The molecule has 0 bridgehead atoms. The molecule has 9 nitrogen and oxygen atoms in total. The molecular weight excluding hydrogens is 569 g/mol. The Morgan fingerprint density at radius 1 is 1.10 bits per heavy atom. The number of aromatic nitrogens is 2. The van der Waals surface area contributed by atoms with Gasteiger partial charge in [0.25, 0.3) is 5.78 Å². The number of aromatic hydroxyl groups is 1. The van der Waals surface area contributed by atoms with Gasteiger partial charge in [-0.15, -0.1) is 10.2 Å². The van der Waals surface area contributed by atoms with Crippen molar-refractivity contribution in [1.29, 1.82) is 0 Å². The molecule has 210 valence electrons. The first-order chi connectivity index (χ1) is 19.8. The average Bonchev–Trinajstić information content (AvgIpc) is 3.55. The molecule has 2 heterocycles. The number of carbonyl (C=O) groups is 2. The Labute approximate surface area is 242 Å². The van der Waals surface area contributed by atoms with Gasteiger partial charge in [0, 0.05) is 11.3 Å². The van der Waals surface area contributed by atoms with Crippen molar-refractivity contribution in [2.45, 2.75) is 23.1 Å². The fourth-order valence-corrected chi connectivity index (χ4v) is 6.21. The van der Waals surface area contributed by atoms with Crippen LogP contribution in [0.2, 0.25) is 0 Å². The zero-order valence-corrected chi connectivity index (χ0v) is 23.5. The van der Waals surface area contributed by atoms with Crippen LogP contribution in [-0.4, -0.2) is 45.8 Å². The van der Waals surface area contributed by atoms with Gasteiger partial charge < -0.3 is 19.7 Å². The van der Waals surface area contributed by atoms with Crippen LogP contribution in [-0.2, 0) is 15.3 Å². The minimum absolute atomic E-state index is 0.117. The summed E-state index contributed by atoms with van der Waals surface area (Å²) in [5.74, 6) is -1.69. The van der Waals surface area contributed by atoms with Crippen molar-refractivity contribution in [3.63, 3.8) is 0 Å². The lowest BCUT2D eigenvalue weighted by molar-refractivity contribution is -0.132. The maximum absolute atomic E-state index is 14.1. The number of rotatable bonds is 9. The molecule has 3 aromatic carbocycles. The highest BCUT2D eigenvalue weighted by atomic mass is 32.2. The first kappa shape index (κ1) is 28.1. The third kappa shape index (κ3) is 5.61. The average molecular weight is 594 g/mol. The minimum atomic E-state index is -1.10. The number of anilines is 1. The lowest BCUT2D eigenvalue weighted by Crippen LogP contribution is -2.29. The Bertz CT molecular complexity index is 1640. The zero-order valence-electron chi connectivity index (χ0n) is 21.9. The number of carbonyl (C=O) groups excluding carboxylic acids is 2. The van der Waals surface area contributed by atoms with Crippen LogP contribution >= 0.6 is 23.1 Å². The van der Waals surface area contributed by atoms with E-state index in [4.69, 9.17) is 9.47 Å². The van der Waals surface area contributed by atoms with Gasteiger partial charge in [0.2, 0.25) is 5.13 Å². The van der Waals surface area contributed by atoms with Crippen molar-refractivity contribution in [3.8, 4) is 17.2 Å². The molecular formula is C29H24FN3O6S2. The van der Waals surface area contributed by atoms with E-state index >= 15 is 0 Å². The zero-order chi connectivity index (χ0) is 29.1. The molecule has 5 rings (SSSR count). The third-order valence-corrected chi connectivity index (χ3v) is 8.42. The number of Topliss-reactive ketones (excluding diaryl/α,β-unsaturated/α-hetero) is 1. The van der Waals surface area contributed by atoms with E-state index in [1.165, 1.54) is 48.0 Å². The largest absolute Gasteiger partial charge is 0.507 e. The highest BCUT2D eigenvalue weighted by Gasteiger charge is 2.48. The second-order valence-corrected chi connectivity index (χ2v) is 11.0. The molecule has 1 aliphatic rings. The SMILES string of the molecule is CCOc1ccc(/C(O)=C2/C(=O)C(=O)N(c3nnc(SCc4ccccc4F)s3)C2c2ccc(O)c(OC)c2)cc1. The monoisotopic (exact) mass is 593 g/mol. The molecule has 1 atom stereocenters. The van der Waals surface area contributed by atoms with E-state index in [9.17, 15) is 24.2 Å². The summed E-state index contributed by atoms with van der Waals surface area (Å²) >= 11 is 2.30. The predicted molar refractivity (Wildman–Crippen MR) is 153 cm³/mol. The molecule has 1 saturated heterocycles. The van der Waals surface area contributed by atoms with Gasteiger partial charge in [-0.25, -0.2) is 4.39 Å². The number of aliphatic hydroxyl groups is 1. The number of ketones is 1. The van der Waals surface area contributed by atoms with Crippen molar-refractivity contribution in [3.05, 3.63) is 94.8 Å². The normalized spacial score (nSPS) is 16.3. The standard InChI is InChI=1S/C29H24FN3O6S2/c1-3-39-19-11-8-16(9-12-19)25(35)23-24(17-10-13-21(34)22(14-17)38-2)33(27(37)26(23)36)28-31-32-29(41-28)40-15-18-6-4-5-7-20(18)30/h4-14,24,34-35H,3,15H2,1-2H3/b25-23-. The highest BCUT2D eigenvalue weighted by molar-refractivity contribution is 8.00. The Morgan fingerprint density at radius 3 is 2.56 bits per heavy atom. The molecule has 1 fully saturated rings. The molecule has 0 aliphatic carbocycles. The van der Waals surface area contributed by atoms with Gasteiger partial charge in [0.05, 0.1) is 25.3 Å². The van der Waals surface area contributed by atoms with Crippen molar-refractivity contribution in [2.24, 2.45) is 0 Å². The maximum Gasteiger partial charge on any atom is 0.301 e. The van der Waals surface area contributed by atoms with Crippen LogP contribution < -0.4 is 14.4 Å². The Balaban J connectivity index is 1.56. The summed E-state index contributed by atoms with van der Waals surface area (Å²) in [5, 5.41) is 29.9. The number of benzene rings is 3. The van der Waals surface area contributed by atoms with Crippen LogP contribution in [0, 0.1) is 5.82 Å². The molecule has 2 N–H and O–H groups in total. The van der Waals surface area contributed by atoms with Gasteiger partial charge in [-0.05, 0) is 60.5 Å². The predicted octanol–water partition coefficient (Wildman–Crippen LogP) is 5.71. The molecule has 0 saturated carbocycles. The number of hydrogen-bond donors (Lipinski definition) is 2. The van der Waals surface area contributed by atoms with Crippen LogP contribution in [0.15, 0.2) is 76.6 Å². The van der Waals surface area contributed by atoms with E-state index < -0.39 is 17.7 Å². The number of ether oxygens (including phenoxy) is 2. The first-order valence-electron chi connectivity index (χ1n) is 12.4. The third-order valence-electron chi connectivity index (χ3n) is 6.31. The number of phenols is 1. The number of thioether (sulfide) groups is 1. The molecule has 0 spiro atoms. The second kappa shape index (κ2) is 12.0. The quantitative estimate of drug-likeness (QED) is 0.0826. The van der Waals surface area contributed by atoms with Gasteiger partial charge in [-0.3, -0.25) is 14.5 Å². The summed E-state index contributed by atoms with van der Waals surface area (Å²) < 4.78 is 25.3. The molecule has 1 aromatic heterocycles. The lowest BCUT2D eigenvalue weighted by Gasteiger charge is -2.23. The maximum atomic E-state index is 14.1. The summed E-state index contributed by atoms with van der Waals surface area (Å²) in [5.41, 5.74) is 1.02. The first-order valence-corrected chi connectivity index (χ1v) is 14.2. The van der Waals surface area contributed by atoms with Crippen molar-refractivity contribution < 1.29 is 33.7 Å². The van der Waals surface area contributed by atoms with E-state index in [1.54, 1.807) is 42.5 Å². The Hall–Kier alpha value is -4.42.